The van der Waals surface area contributed by atoms with Gasteiger partial charge in [0.25, 0.3) is 0 Å². The van der Waals surface area contributed by atoms with Crippen LogP contribution in [0.15, 0.2) is 60.7 Å². The molecule has 0 aliphatic rings. The molecule has 5 heteroatoms. The van der Waals surface area contributed by atoms with Gasteiger partial charge in [-0.3, -0.25) is 0 Å². The van der Waals surface area contributed by atoms with Gasteiger partial charge in [0.2, 0.25) is 0 Å². The number of anilines is 1. The van der Waals surface area contributed by atoms with Gasteiger partial charge in [-0.25, -0.2) is 14.8 Å². The van der Waals surface area contributed by atoms with Crippen LogP contribution in [0.4, 0.5) is 5.69 Å². The zero-order valence-corrected chi connectivity index (χ0v) is 11.6. The summed E-state index contributed by atoms with van der Waals surface area (Å²) in [5.41, 5.74) is 7.75. The maximum Gasteiger partial charge on any atom is 0.356 e. The minimum atomic E-state index is -1.17. The second kappa shape index (κ2) is 5.65. The van der Waals surface area contributed by atoms with Gasteiger partial charge in [0, 0.05) is 11.1 Å². The van der Waals surface area contributed by atoms with E-state index in [1.54, 1.807) is 0 Å². The third kappa shape index (κ3) is 2.52. The maximum atomic E-state index is 11.4. The lowest BCUT2D eigenvalue weighted by Gasteiger charge is -2.10. The molecule has 1 heterocycles. The molecule has 3 aromatic rings. The second-order valence-corrected chi connectivity index (χ2v) is 4.70. The number of nitrogens with two attached hydrogens (primary N) is 1. The lowest BCUT2D eigenvalue weighted by Crippen LogP contribution is -2.10. The molecule has 0 saturated heterocycles. The van der Waals surface area contributed by atoms with Gasteiger partial charge in [-0.15, -0.1) is 0 Å². The Kier molecular flexibility index (Phi) is 3.53. The van der Waals surface area contributed by atoms with Crippen LogP contribution in [-0.2, 0) is 0 Å². The number of carbonyl (C=O) groups is 1. The molecule has 0 spiro atoms. The molecule has 0 aliphatic heterocycles. The Balaban J connectivity index is 2.26. The van der Waals surface area contributed by atoms with E-state index >= 15 is 0 Å². The molecule has 0 unspecified atom stereocenters. The molecule has 0 radical (unpaired) electrons. The van der Waals surface area contributed by atoms with E-state index in [9.17, 15) is 9.90 Å². The van der Waals surface area contributed by atoms with Crippen molar-refractivity contribution in [1.82, 2.24) is 9.97 Å². The minimum absolute atomic E-state index is 0.0679. The molecule has 3 rings (SSSR count). The third-order valence-corrected chi connectivity index (χ3v) is 3.23. The highest BCUT2D eigenvalue weighted by molar-refractivity contribution is 5.96. The average Bonchev–Trinajstić information content (AvgIpc) is 2.56. The molecule has 22 heavy (non-hydrogen) atoms. The summed E-state index contributed by atoms with van der Waals surface area (Å²) in [6.45, 7) is 0. The lowest BCUT2D eigenvalue weighted by atomic mass is 10.1. The van der Waals surface area contributed by atoms with Crippen molar-refractivity contribution in [2.75, 3.05) is 5.73 Å². The molecule has 3 N–H and O–H groups in total. The fourth-order valence-electron chi connectivity index (χ4n) is 2.16. The Morgan fingerprint density at radius 1 is 0.864 bits per heavy atom. The van der Waals surface area contributed by atoms with Gasteiger partial charge in [-0.2, -0.15) is 0 Å². The van der Waals surface area contributed by atoms with E-state index in [4.69, 9.17) is 5.73 Å². The fraction of sp³-hybridized carbons (Fsp3) is 0. The molecule has 5 nitrogen and oxygen atoms in total. The first-order chi connectivity index (χ1) is 10.7. The van der Waals surface area contributed by atoms with Gasteiger partial charge in [-0.1, -0.05) is 60.7 Å². The smallest absolute Gasteiger partial charge is 0.356 e. The zero-order chi connectivity index (χ0) is 15.5. The van der Waals surface area contributed by atoms with E-state index in [2.05, 4.69) is 9.97 Å². The number of hydrogen-bond donors (Lipinski definition) is 2. The number of hydrogen-bond acceptors (Lipinski definition) is 4. The van der Waals surface area contributed by atoms with Gasteiger partial charge in [-0.05, 0) is 0 Å². The normalized spacial score (nSPS) is 10.4. The van der Waals surface area contributed by atoms with Gasteiger partial charge >= 0.3 is 5.97 Å². The molecule has 0 atom stereocenters. The van der Waals surface area contributed by atoms with Crippen LogP contribution in [0.2, 0.25) is 0 Å². The topological polar surface area (TPSA) is 89.1 Å². The molecule has 0 fully saturated rings. The Morgan fingerprint density at radius 2 is 1.41 bits per heavy atom. The summed E-state index contributed by atoms with van der Waals surface area (Å²) < 4.78 is 0. The van der Waals surface area contributed by atoms with E-state index in [0.29, 0.717) is 11.5 Å². The quantitative estimate of drug-likeness (QED) is 0.774. The number of aromatic carboxylic acids is 1. The van der Waals surface area contributed by atoms with Crippen LogP contribution in [0.3, 0.4) is 0 Å². The van der Waals surface area contributed by atoms with Gasteiger partial charge in [0.15, 0.2) is 11.5 Å². The standard InChI is InChI=1S/C17H13N3O2/c18-13-14(11-7-3-1-4-8-11)19-16(20-15(13)17(21)22)12-9-5-2-6-10-12/h1-10H,18H2,(H,21,22). The number of carboxylic acid groups (broad SMARTS) is 1. The Hall–Kier alpha value is -3.21. The Labute approximate surface area is 127 Å². The van der Waals surface area contributed by atoms with Crippen molar-refractivity contribution in [3.8, 4) is 22.6 Å². The number of nitrogen functional groups attached to an aromatic ring is 1. The molecule has 0 aliphatic carbocycles. The predicted octanol–water partition coefficient (Wildman–Crippen LogP) is 3.09. The van der Waals surface area contributed by atoms with Crippen molar-refractivity contribution in [3.63, 3.8) is 0 Å². The summed E-state index contributed by atoms with van der Waals surface area (Å²) in [6, 6.07) is 18.4. The van der Waals surface area contributed by atoms with Crippen molar-refractivity contribution < 1.29 is 9.90 Å². The van der Waals surface area contributed by atoms with Crippen LogP contribution in [0, 0.1) is 0 Å². The summed E-state index contributed by atoms with van der Waals surface area (Å²) in [6.07, 6.45) is 0. The summed E-state index contributed by atoms with van der Waals surface area (Å²) in [5.74, 6) is -0.833. The summed E-state index contributed by atoms with van der Waals surface area (Å²) in [4.78, 5) is 20.0. The summed E-state index contributed by atoms with van der Waals surface area (Å²) in [7, 11) is 0. The Bertz CT molecular complexity index is 818. The number of nitrogens with zero attached hydrogens (tertiary/aromatic N) is 2. The number of carboxylic acids is 1. The zero-order valence-electron chi connectivity index (χ0n) is 11.6. The highest BCUT2D eigenvalue weighted by atomic mass is 16.4. The van der Waals surface area contributed by atoms with E-state index in [0.717, 1.165) is 11.1 Å². The molecule has 0 amide bonds. The third-order valence-electron chi connectivity index (χ3n) is 3.23. The van der Waals surface area contributed by atoms with Crippen LogP contribution in [0.25, 0.3) is 22.6 Å². The monoisotopic (exact) mass is 291 g/mol. The largest absolute Gasteiger partial charge is 0.476 e. The predicted molar refractivity (Wildman–Crippen MR) is 84.3 cm³/mol. The number of aromatic nitrogens is 2. The lowest BCUT2D eigenvalue weighted by molar-refractivity contribution is 0.0691. The van der Waals surface area contributed by atoms with E-state index in [1.807, 2.05) is 60.7 Å². The molecule has 0 saturated carbocycles. The molecule has 108 valence electrons. The van der Waals surface area contributed by atoms with Crippen molar-refractivity contribution in [2.24, 2.45) is 0 Å². The van der Waals surface area contributed by atoms with Crippen LogP contribution < -0.4 is 5.73 Å². The van der Waals surface area contributed by atoms with E-state index in [1.165, 1.54) is 0 Å². The first kappa shape index (κ1) is 13.8. The number of rotatable bonds is 3. The maximum absolute atomic E-state index is 11.4. The summed E-state index contributed by atoms with van der Waals surface area (Å²) in [5, 5.41) is 9.34. The van der Waals surface area contributed by atoms with Crippen molar-refractivity contribution in [2.45, 2.75) is 0 Å². The van der Waals surface area contributed by atoms with E-state index in [-0.39, 0.29) is 11.4 Å². The van der Waals surface area contributed by atoms with Crippen LogP contribution in [0.1, 0.15) is 10.5 Å². The van der Waals surface area contributed by atoms with Crippen molar-refractivity contribution in [1.29, 1.82) is 0 Å². The van der Waals surface area contributed by atoms with Crippen LogP contribution in [0.5, 0.6) is 0 Å². The van der Waals surface area contributed by atoms with Crippen molar-refractivity contribution >= 4 is 11.7 Å². The number of benzene rings is 2. The fourth-order valence-corrected chi connectivity index (χ4v) is 2.16. The van der Waals surface area contributed by atoms with Crippen molar-refractivity contribution in [3.05, 3.63) is 66.4 Å². The molecule has 2 aromatic carbocycles. The van der Waals surface area contributed by atoms with Crippen LogP contribution in [-0.4, -0.2) is 21.0 Å². The van der Waals surface area contributed by atoms with Gasteiger partial charge < -0.3 is 10.8 Å². The van der Waals surface area contributed by atoms with Crippen LogP contribution >= 0.6 is 0 Å². The minimum Gasteiger partial charge on any atom is -0.476 e. The highest BCUT2D eigenvalue weighted by Crippen LogP contribution is 2.28. The molecule has 1 aromatic heterocycles. The average molecular weight is 291 g/mol. The SMILES string of the molecule is Nc1c(C(=O)O)nc(-c2ccccc2)nc1-c1ccccc1. The van der Waals surface area contributed by atoms with Gasteiger partial charge in [0.1, 0.15) is 0 Å². The molecule has 0 bridgehead atoms. The molecular formula is C17H13N3O2. The molecular weight excluding hydrogens is 278 g/mol. The first-order valence-corrected chi connectivity index (χ1v) is 6.68. The second-order valence-electron chi connectivity index (χ2n) is 4.70. The first-order valence-electron chi connectivity index (χ1n) is 6.68. The Morgan fingerprint density at radius 3 is 1.95 bits per heavy atom. The highest BCUT2D eigenvalue weighted by Gasteiger charge is 2.18. The van der Waals surface area contributed by atoms with Gasteiger partial charge in [0.05, 0.1) is 11.4 Å². The van der Waals surface area contributed by atoms with E-state index < -0.39 is 5.97 Å². The summed E-state index contributed by atoms with van der Waals surface area (Å²) >= 11 is 0.